The number of carbonyl (C=O) groups is 1. The fourth-order valence-electron chi connectivity index (χ4n) is 3.08. The second kappa shape index (κ2) is 10.3. The van der Waals surface area contributed by atoms with Gasteiger partial charge in [0, 0.05) is 23.1 Å². The quantitative estimate of drug-likeness (QED) is 0.443. The Morgan fingerprint density at radius 1 is 1.03 bits per heavy atom. The van der Waals surface area contributed by atoms with Crippen LogP contribution in [0.4, 0.5) is 0 Å². The minimum atomic E-state index is -0.926. The highest BCUT2D eigenvalue weighted by Crippen LogP contribution is 2.37. The summed E-state index contributed by atoms with van der Waals surface area (Å²) in [6.45, 7) is 3.67. The van der Waals surface area contributed by atoms with Crippen LogP contribution < -0.4 is 14.8 Å². The third-order valence-corrected chi connectivity index (χ3v) is 5.60. The Balaban J connectivity index is 1.73. The number of aromatic carboxylic acids is 1. The fraction of sp³-hybridized carbons (Fsp3) is 0.208. The maximum Gasteiger partial charge on any atom is 0.335 e. The Hall–Kier alpha value is -2.83. The van der Waals surface area contributed by atoms with Gasteiger partial charge in [-0.1, -0.05) is 52.3 Å². The van der Waals surface area contributed by atoms with Crippen LogP contribution in [-0.4, -0.2) is 18.2 Å². The van der Waals surface area contributed by atoms with E-state index in [2.05, 4.69) is 40.3 Å². The summed E-state index contributed by atoms with van der Waals surface area (Å²) < 4.78 is 12.6. The first-order valence-corrected chi connectivity index (χ1v) is 10.3. The van der Waals surface area contributed by atoms with Crippen molar-refractivity contribution in [1.82, 2.24) is 5.32 Å². The zero-order chi connectivity index (χ0) is 21.5. The maximum atomic E-state index is 11.0. The summed E-state index contributed by atoms with van der Waals surface area (Å²) >= 11 is 3.62. The molecule has 2 N–H and O–H groups in total. The number of hydrogen-bond donors (Lipinski definition) is 2. The van der Waals surface area contributed by atoms with E-state index >= 15 is 0 Å². The van der Waals surface area contributed by atoms with Gasteiger partial charge in [-0.3, -0.25) is 0 Å². The monoisotopic (exact) mass is 469 g/mol. The molecule has 0 spiro atoms. The van der Waals surface area contributed by atoms with Crippen LogP contribution in [0, 0.1) is 6.92 Å². The number of nitrogens with one attached hydrogen (secondary N) is 1. The van der Waals surface area contributed by atoms with Crippen molar-refractivity contribution < 1.29 is 19.4 Å². The van der Waals surface area contributed by atoms with Crippen LogP contribution in [-0.2, 0) is 19.7 Å². The van der Waals surface area contributed by atoms with Crippen LogP contribution in [0.1, 0.15) is 32.6 Å². The molecule has 3 aromatic rings. The lowest BCUT2D eigenvalue weighted by Crippen LogP contribution is -2.15. The molecule has 0 aliphatic rings. The third kappa shape index (κ3) is 5.40. The molecule has 5 nitrogen and oxygen atoms in total. The van der Waals surface area contributed by atoms with Crippen molar-refractivity contribution in [2.45, 2.75) is 26.6 Å². The van der Waals surface area contributed by atoms with Gasteiger partial charge in [0.15, 0.2) is 11.5 Å². The predicted octanol–water partition coefficient (Wildman–Crippen LogP) is 5.33. The van der Waals surface area contributed by atoms with Gasteiger partial charge in [0.2, 0.25) is 0 Å². The molecule has 30 heavy (non-hydrogen) atoms. The van der Waals surface area contributed by atoms with Gasteiger partial charge in [0.1, 0.15) is 6.61 Å². The van der Waals surface area contributed by atoms with E-state index in [0.29, 0.717) is 31.2 Å². The summed E-state index contributed by atoms with van der Waals surface area (Å²) in [6, 6.07) is 18.8. The smallest absolute Gasteiger partial charge is 0.335 e. The molecule has 0 fully saturated rings. The lowest BCUT2D eigenvalue weighted by atomic mass is 10.1. The number of carboxylic acids is 1. The van der Waals surface area contributed by atoms with Gasteiger partial charge < -0.3 is 19.9 Å². The molecule has 0 aliphatic carbocycles. The molecule has 156 valence electrons. The number of ether oxygens (including phenoxy) is 2. The van der Waals surface area contributed by atoms with Crippen molar-refractivity contribution in [3.8, 4) is 11.5 Å². The lowest BCUT2D eigenvalue weighted by Gasteiger charge is -2.18. The van der Waals surface area contributed by atoms with Gasteiger partial charge in [-0.15, -0.1) is 0 Å². The Kier molecular flexibility index (Phi) is 7.49. The van der Waals surface area contributed by atoms with Crippen LogP contribution in [0.5, 0.6) is 11.5 Å². The molecule has 0 amide bonds. The van der Waals surface area contributed by atoms with E-state index in [4.69, 9.17) is 14.6 Å². The zero-order valence-electron chi connectivity index (χ0n) is 16.9. The van der Waals surface area contributed by atoms with Crippen LogP contribution in [0.3, 0.4) is 0 Å². The molecule has 0 bridgehead atoms. The largest absolute Gasteiger partial charge is 0.493 e. The van der Waals surface area contributed by atoms with E-state index in [1.807, 2.05) is 36.4 Å². The maximum absolute atomic E-state index is 11.0. The second-order valence-electron chi connectivity index (χ2n) is 6.88. The minimum Gasteiger partial charge on any atom is -0.493 e. The number of rotatable bonds is 9. The third-order valence-electron chi connectivity index (χ3n) is 4.85. The van der Waals surface area contributed by atoms with E-state index in [1.54, 1.807) is 19.2 Å². The summed E-state index contributed by atoms with van der Waals surface area (Å²) in [6.07, 6.45) is 0. The van der Waals surface area contributed by atoms with Crippen molar-refractivity contribution >= 4 is 21.9 Å². The molecule has 0 atom stereocenters. The highest BCUT2D eigenvalue weighted by molar-refractivity contribution is 9.10. The van der Waals surface area contributed by atoms with Crippen LogP contribution in [0.2, 0.25) is 0 Å². The first kappa shape index (κ1) is 21.9. The Morgan fingerprint density at radius 2 is 1.77 bits per heavy atom. The molecule has 0 unspecified atom stereocenters. The average molecular weight is 470 g/mol. The first-order valence-electron chi connectivity index (χ1n) is 9.55. The van der Waals surface area contributed by atoms with E-state index in [-0.39, 0.29) is 5.56 Å². The molecule has 0 radical (unpaired) electrons. The van der Waals surface area contributed by atoms with Gasteiger partial charge in [-0.05, 0) is 47.9 Å². The van der Waals surface area contributed by atoms with Crippen molar-refractivity contribution in [3.63, 3.8) is 0 Å². The number of halogens is 1. The summed E-state index contributed by atoms with van der Waals surface area (Å²) in [5.74, 6) is 0.448. The molecule has 6 heteroatoms. The summed E-state index contributed by atoms with van der Waals surface area (Å²) in [5, 5.41) is 12.4. The van der Waals surface area contributed by atoms with Crippen molar-refractivity contribution in [1.29, 1.82) is 0 Å². The van der Waals surface area contributed by atoms with E-state index in [0.717, 1.165) is 21.2 Å². The Morgan fingerprint density at radius 3 is 2.43 bits per heavy atom. The number of carboxylic acid groups (broad SMARTS) is 1. The molecule has 0 aliphatic heterocycles. The van der Waals surface area contributed by atoms with Crippen molar-refractivity contribution in [2.24, 2.45) is 0 Å². The number of methoxy groups -OCH3 is 1. The van der Waals surface area contributed by atoms with Gasteiger partial charge in [-0.25, -0.2) is 4.79 Å². The average Bonchev–Trinajstić information content (AvgIpc) is 2.75. The van der Waals surface area contributed by atoms with Gasteiger partial charge in [0.25, 0.3) is 0 Å². The van der Waals surface area contributed by atoms with Gasteiger partial charge >= 0.3 is 5.97 Å². The van der Waals surface area contributed by atoms with Crippen molar-refractivity contribution in [3.05, 3.63) is 93.0 Å². The highest BCUT2D eigenvalue weighted by atomic mass is 79.9. The molecule has 0 saturated heterocycles. The Bertz CT molecular complexity index is 1020. The van der Waals surface area contributed by atoms with E-state index in [9.17, 15) is 4.79 Å². The van der Waals surface area contributed by atoms with Gasteiger partial charge in [0.05, 0.1) is 12.7 Å². The minimum absolute atomic E-state index is 0.279. The molecule has 3 aromatic carbocycles. The predicted molar refractivity (Wildman–Crippen MR) is 120 cm³/mol. The highest BCUT2D eigenvalue weighted by Gasteiger charge is 2.15. The first-order chi connectivity index (χ1) is 14.5. The van der Waals surface area contributed by atoms with Crippen LogP contribution in [0.25, 0.3) is 0 Å². The standard InChI is InChI=1S/C24H24BrNO4/c1-16-5-3-4-6-19(16)15-30-23-20(21(25)11-12-22(23)29-2)14-26-13-17-7-9-18(10-8-17)24(27)28/h3-12,26H,13-15H2,1-2H3,(H,27,28). The van der Waals surface area contributed by atoms with Crippen LogP contribution in [0.15, 0.2) is 65.1 Å². The van der Waals surface area contributed by atoms with E-state index < -0.39 is 5.97 Å². The van der Waals surface area contributed by atoms with Gasteiger partial charge in [-0.2, -0.15) is 0 Å². The number of benzene rings is 3. The molecule has 0 aromatic heterocycles. The second-order valence-corrected chi connectivity index (χ2v) is 7.73. The molecular formula is C24H24BrNO4. The lowest BCUT2D eigenvalue weighted by molar-refractivity contribution is 0.0697. The molecule has 3 rings (SSSR count). The summed E-state index contributed by atoms with van der Waals surface area (Å²) in [4.78, 5) is 11.0. The topological polar surface area (TPSA) is 67.8 Å². The number of aryl methyl sites for hydroxylation is 1. The molecule has 0 heterocycles. The van der Waals surface area contributed by atoms with Crippen LogP contribution >= 0.6 is 15.9 Å². The SMILES string of the molecule is COc1ccc(Br)c(CNCc2ccc(C(=O)O)cc2)c1OCc1ccccc1C. The summed E-state index contributed by atoms with van der Waals surface area (Å²) in [7, 11) is 1.63. The number of hydrogen-bond acceptors (Lipinski definition) is 4. The molecular weight excluding hydrogens is 446 g/mol. The normalized spacial score (nSPS) is 10.6. The fourth-order valence-corrected chi connectivity index (χ4v) is 3.54. The van der Waals surface area contributed by atoms with E-state index in [1.165, 1.54) is 5.56 Å². The zero-order valence-corrected chi connectivity index (χ0v) is 18.5. The summed E-state index contributed by atoms with van der Waals surface area (Å²) in [5.41, 5.74) is 4.54. The van der Waals surface area contributed by atoms with Crippen molar-refractivity contribution in [2.75, 3.05) is 7.11 Å². The Labute approximate surface area is 184 Å². The molecule has 0 saturated carbocycles.